The highest BCUT2D eigenvalue weighted by Crippen LogP contribution is 2.44. The standard InChI is InChI=1S/C11H14N2/c1-13-5-3-9-6-8-2-4-12-7-10(8)11(9)13/h2,4,7,9,11H,3,5-6H2,1H3/t9-,11-/m1/s1. The molecule has 1 aromatic rings. The molecule has 0 radical (unpaired) electrons. The van der Waals surface area contributed by atoms with Gasteiger partial charge in [0.1, 0.15) is 0 Å². The van der Waals surface area contributed by atoms with Crippen LogP contribution in [0, 0.1) is 5.92 Å². The van der Waals surface area contributed by atoms with Gasteiger partial charge < -0.3 is 0 Å². The summed E-state index contributed by atoms with van der Waals surface area (Å²) in [7, 11) is 2.23. The molecule has 13 heavy (non-hydrogen) atoms. The van der Waals surface area contributed by atoms with Gasteiger partial charge in [-0.1, -0.05) is 0 Å². The monoisotopic (exact) mass is 174 g/mol. The van der Waals surface area contributed by atoms with Crippen molar-refractivity contribution >= 4 is 0 Å². The third kappa shape index (κ3) is 0.953. The Morgan fingerprint density at radius 1 is 1.54 bits per heavy atom. The number of hydrogen-bond donors (Lipinski definition) is 0. The number of aromatic nitrogens is 1. The molecule has 0 saturated carbocycles. The second kappa shape index (κ2) is 2.55. The first-order valence-corrected chi connectivity index (χ1v) is 4.99. The third-order valence-electron chi connectivity index (χ3n) is 3.52. The quantitative estimate of drug-likeness (QED) is 0.594. The highest BCUT2D eigenvalue weighted by molar-refractivity contribution is 5.34. The minimum absolute atomic E-state index is 0.670. The molecule has 0 unspecified atom stereocenters. The van der Waals surface area contributed by atoms with Gasteiger partial charge in [0, 0.05) is 18.4 Å². The molecule has 1 saturated heterocycles. The van der Waals surface area contributed by atoms with Gasteiger partial charge in [-0.25, -0.2) is 0 Å². The average Bonchev–Trinajstić information content (AvgIpc) is 2.66. The van der Waals surface area contributed by atoms with Crippen LogP contribution in [0.4, 0.5) is 0 Å². The number of likely N-dealkylation sites (tertiary alicyclic amines) is 1. The number of rotatable bonds is 0. The fraction of sp³-hybridized carbons (Fsp3) is 0.545. The molecule has 2 heterocycles. The lowest BCUT2D eigenvalue weighted by atomic mass is 10.0. The molecule has 1 aliphatic carbocycles. The van der Waals surface area contributed by atoms with Gasteiger partial charge >= 0.3 is 0 Å². The van der Waals surface area contributed by atoms with Gasteiger partial charge in [-0.3, -0.25) is 9.88 Å². The Bertz CT molecular complexity index is 335. The lowest BCUT2D eigenvalue weighted by Gasteiger charge is -2.18. The minimum Gasteiger partial charge on any atom is -0.299 e. The smallest absolute Gasteiger partial charge is 0.0394 e. The van der Waals surface area contributed by atoms with E-state index in [2.05, 4.69) is 29.2 Å². The van der Waals surface area contributed by atoms with E-state index in [1.165, 1.54) is 30.5 Å². The Balaban J connectivity index is 2.08. The second-order valence-corrected chi connectivity index (χ2v) is 4.25. The summed E-state index contributed by atoms with van der Waals surface area (Å²) in [5.41, 5.74) is 3.00. The molecular formula is C11H14N2. The molecule has 3 rings (SSSR count). The van der Waals surface area contributed by atoms with Gasteiger partial charge in [0.25, 0.3) is 0 Å². The highest BCUT2D eigenvalue weighted by Gasteiger charge is 2.39. The molecule has 1 aromatic heterocycles. The van der Waals surface area contributed by atoms with Gasteiger partial charge in [-0.05, 0) is 49.5 Å². The summed E-state index contributed by atoms with van der Waals surface area (Å²) in [4.78, 5) is 6.69. The first-order chi connectivity index (χ1) is 6.36. The van der Waals surface area contributed by atoms with Crippen LogP contribution >= 0.6 is 0 Å². The van der Waals surface area contributed by atoms with Crippen LogP contribution in [0.25, 0.3) is 0 Å². The van der Waals surface area contributed by atoms with E-state index in [-0.39, 0.29) is 0 Å². The molecule has 1 fully saturated rings. The molecule has 2 nitrogen and oxygen atoms in total. The molecule has 0 spiro atoms. The van der Waals surface area contributed by atoms with E-state index >= 15 is 0 Å². The summed E-state index contributed by atoms with van der Waals surface area (Å²) in [5.74, 6) is 0.865. The number of pyridine rings is 1. The SMILES string of the molecule is CN1CC[C@@H]2Cc3ccncc3[C@@H]21. The lowest BCUT2D eigenvalue weighted by molar-refractivity contribution is 0.292. The fourth-order valence-electron chi connectivity index (χ4n) is 2.90. The topological polar surface area (TPSA) is 16.1 Å². The lowest BCUT2D eigenvalue weighted by Crippen LogP contribution is -2.18. The van der Waals surface area contributed by atoms with E-state index in [9.17, 15) is 0 Å². The first-order valence-electron chi connectivity index (χ1n) is 4.99. The summed E-state index contributed by atoms with van der Waals surface area (Å²) in [6, 6.07) is 2.85. The van der Waals surface area contributed by atoms with Crippen molar-refractivity contribution in [1.29, 1.82) is 0 Å². The zero-order valence-corrected chi connectivity index (χ0v) is 7.90. The molecule has 0 amide bonds. The van der Waals surface area contributed by atoms with Crippen molar-refractivity contribution in [2.75, 3.05) is 13.6 Å². The molecule has 0 N–H and O–H groups in total. The van der Waals surface area contributed by atoms with E-state index in [1.807, 2.05) is 6.20 Å². The summed E-state index contributed by atoms with van der Waals surface area (Å²) in [6.45, 7) is 1.25. The normalized spacial score (nSPS) is 31.8. The summed E-state index contributed by atoms with van der Waals surface area (Å²) >= 11 is 0. The van der Waals surface area contributed by atoms with Crippen molar-refractivity contribution in [3.8, 4) is 0 Å². The Labute approximate surface area is 78.6 Å². The van der Waals surface area contributed by atoms with Gasteiger partial charge in [0.15, 0.2) is 0 Å². The van der Waals surface area contributed by atoms with Crippen LogP contribution in [0.2, 0.25) is 0 Å². The average molecular weight is 174 g/mol. The number of hydrogen-bond acceptors (Lipinski definition) is 2. The van der Waals surface area contributed by atoms with Crippen LogP contribution < -0.4 is 0 Å². The van der Waals surface area contributed by atoms with Crippen molar-refractivity contribution in [2.24, 2.45) is 5.92 Å². The fourth-order valence-corrected chi connectivity index (χ4v) is 2.90. The van der Waals surface area contributed by atoms with E-state index in [0.717, 1.165) is 5.92 Å². The second-order valence-electron chi connectivity index (χ2n) is 4.25. The van der Waals surface area contributed by atoms with Gasteiger partial charge in [0.2, 0.25) is 0 Å². The van der Waals surface area contributed by atoms with Crippen LogP contribution in [0.15, 0.2) is 18.5 Å². The maximum Gasteiger partial charge on any atom is 0.0394 e. The summed E-state index contributed by atoms with van der Waals surface area (Å²) in [6.07, 6.45) is 6.60. The van der Waals surface area contributed by atoms with E-state index < -0.39 is 0 Å². The zero-order valence-electron chi connectivity index (χ0n) is 7.90. The van der Waals surface area contributed by atoms with E-state index in [1.54, 1.807) is 0 Å². The van der Waals surface area contributed by atoms with Crippen molar-refractivity contribution in [1.82, 2.24) is 9.88 Å². The molecule has 1 aliphatic heterocycles. The van der Waals surface area contributed by atoms with Crippen molar-refractivity contribution in [2.45, 2.75) is 18.9 Å². The van der Waals surface area contributed by atoms with Crippen LogP contribution in [0.5, 0.6) is 0 Å². The van der Waals surface area contributed by atoms with Crippen molar-refractivity contribution in [3.63, 3.8) is 0 Å². The van der Waals surface area contributed by atoms with Crippen LogP contribution in [0.3, 0.4) is 0 Å². The molecule has 2 aliphatic rings. The summed E-state index contributed by atoms with van der Waals surface area (Å²) < 4.78 is 0. The summed E-state index contributed by atoms with van der Waals surface area (Å²) in [5, 5.41) is 0. The van der Waals surface area contributed by atoms with Gasteiger partial charge in [0.05, 0.1) is 0 Å². The molecule has 2 heteroatoms. The Kier molecular flexibility index (Phi) is 1.47. The van der Waals surface area contributed by atoms with Crippen molar-refractivity contribution < 1.29 is 0 Å². The molecular weight excluding hydrogens is 160 g/mol. The predicted octanol–water partition coefficient (Wildman–Crippen LogP) is 1.63. The minimum atomic E-state index is 0.670. The van der Waals surface area contributed by atoms with E-state index in [0.29, 0.717) is 6.04 Å². The van der Waals surface area contributed by atoms with Crippen LogP contribution in [-0.2, 0) is 6.42 Å². The van der Waals surface area contributed by atoms with Crippen LogP contribution in [-0.4, -0.2) is 23.5 Å². The van der Waals surface area contributed by atoms with Gasteiger partial charge in [-0.15, -0.1) is 0 Å². The molecule has 2 atom stereocenters. The molecule has 0 bridgehead atoms. The highest BCUT2D eigenvalue weighted by atomic mass is 15.2. The number of fused-ring (bicyclic) bond motifs is 3. The Morgan fingerprint density at radius 2 is 2.46 bits per heavy atom. The first kappa shape index (κ1) is 7.51. The zero-order chi connectivity index (χ0) is 8.84. The largest absolute Gasteiger partial charge is 0.299 e. The molecule has 68 valence electrons. The van der Waals surface area contributed by atoms with Crippen LogP contribution in [0.1, 0.15) is 23.6 Å². The maximum atomic E-state index is 4.22. The van der Waals surface area contributed by atoms with E-state index in [4.69, 9.17) is 0 Å². The Morgan fingerprint density at radius 3 is 3.38 bits per heavy atom. The maximum absolute atomic E-state index is 4.22. The predicted molar refractivity (Wildman–Crippen MR) is 51.4 cm³/mol. The molecule has 0 aromatic carbocycles. The Hall–Kier alpha value is -0.890. The number of nitrogens with zero attached hydrogens (tertiary/aromatic N) is 2. The third-order valence-corrected chi connectivity index (χ3v) is 3.52. The van der Waals surface area contributed by atoms with Gasteiger partial charge in [-0.2, -0.15) is 0 Å². The van der Waals surface area contributed by atoms with Crippen molar-refractivity contribution in [3.05, 3.63) is 29.6 Å².